The molecule has 8 nitrogen and oxygen atoms in total. The predicted octanol–water partition coefficient (Wildman–Crippen LogP) is 3.86. The summed E-state index contributed by atoms with van der Waals surface area (Å²) < 4.78 is 23.6. The minimum Gasteiger partial charge on any atom is -0.338 e. The molecule has 3 fully saturated rings. The van der Waals surface area contributed by atoms with E-state index >= 15 is 0 Å². The fraction of sp³-hybridized carbons (Fsp3) is 0.424. The Hall–Kier alpha value is -3.56. The van der Waals surface area contributed by atoms with Gasteiger partial charge in [0.2, 0.25) is 5.91 Å². The highest BCUT2D eigenvalue weighted by Crippen LogP contribution is 2.43. The van der Waals surface area contributed by atoms with Crippen LogP contribution in [0, 0.1) is 11.3 Å². The van der Waals surface area contributed by atoms with Gasteiger partial charge in [0.15, 0.2) is 9.84 Å². The maximum atomic E-state index is 13.6. The smallest absolute Gasteiger partial charge is 0.272 e. The van der Waals surface area contributed by atoms with Crippen molar-refractivity contribution in [1.29, 1.82) is 0 Å². The zero-order valence-corrected chi connectivity index (χ0v) is 24.9. The highest BCUT2D eigenvalue weighted by molar-refractivity contribution is 7.90. The van der Waals surface area contributed by atoms with Crippen LogP contribution in [0.1, 0.15) is 46.8 Å². The van der Waals surface area contributed by atoms with Crippen molar-refractivity contribution in [3.8, 4) is 0 Å². The van der Waals surface area contributed by atoms with E-state index in [4.69, 9.17) is 0 Å². The van der Waals surface area contributed by atoms with E-state index in [0.29, 0.717) is 36.1 Å². The van der Waals surface area contributed by atoms with Gasteiger partial charge < -0.3 is 14.7 Å². The number of pyridine rings is 1. The minimum absolute atomic E-state index is 0.0146. The Bertz CT molecular complexity index is 1520. The monoisotopic (exact) mass is 586 g/mol. The molecule has 0 aliphatic carbocycles. The van der Waals surface area contributed by atoms with Crippen LogP contribution in [0.4, 0.5) is 0 Å². The Morgan fingerprint density at radius 2 is 1.60 bits per heavy atom. The number of amides is 2. The number of sulfone groups is 1. The SMILES string of the molecule is CS(=O)(=O)c1ccc(CN2CCC3(CCN(C[C@H]4CN(C(=O)c5ccccn5)C[C@@H]4c4ccccc4)CC3)C2=O)cc1. The van der Waals surface area contributed by atoms with Crippen LogP contribution in [-0.2, 0) is 21.2 Å². The van der Waals surface area contributed by atoms with Crippen LogP contribution in [0.5, 0.6) is 0 Å². The Labute approximate surface area is 248 Å². The number of aromatic nitrogens is 1. The van der Waals surface area contributed by atoms with Crippen LogP contribution in [-0.4, -0.2) is 85.4 Å². The lowest BCUT2D eigenvalue weighted by Gasteiger charge is -2.39. The van der Waals surface area contributed by atoms with Gasteiger partial charge >= 0.3 is 0 Å². The van der Waals surface area contributed by atoms with Gasteiger partial charge in [0.25, 0.3) is 5.91 Å². The van der Waals surface area contributed by atoms with E-state index in [9.17, 15) is 18.0 Å². The maximum Gasteiger partial charge on any atom is 0.272 e. The Morgan fingerprint density at radius 3 is 2.26 bits per heavy atom. The second kappa shape index (κ2) is 11.6. The maximum absolute atomic E-state index is 13.6. The number of carbonyl (C=O) groups excluding carboxylic acids is 2. The quantitative estimate of drug-likeness (QED) is 0.418. The van der Waals surface area contributed by atoms with Crippen LogP contribution in [0.25, 0.3) is 0 Å². The van der Waals surface area contributed by atoms with E-state index in [2.05, 4.69) is 34.1 Å². The van der Waals surface area contributed by atoms with Gasteiger partial charge in [-0.25, -0.2) is 8.42 Å². The number of benzene rings is 2. The normalized spacial score (nSPS) is 22.6. The van der Waals surface area contributed by atoms with E-state index in [1.54, 1.807) is 24.4 Å². The van der Waals surface area contributed by atoms with Crippen LogP contribution < -0.4 is 0 Å². The molecule has 1 aromatic heterocycles. The molecule has 2 atom stereocenters. The van der Waals surface area contributed by atoms with E-state index in [1.165, 1.54) is 11.8 Å². The number of carbonyl (C=O) groups is 2. The number of hydrogen-bond donors (Lipinski definition) is 0. The van der Waals surface area contributed by atoms with E-state index in [1.807, 2.05) is 40.1 Å². The summed E-state index contributed by atoms with van der Waals surface area (Å²) in [6, 6.07) is 22.8. The first-order valence-corrected chi connectivity index (χ1v) is 16.7. The molecular weight excluding hydrogens is 548 g/mol. The highest BCUT2D eigenvalue weighted by Gasteiger charge is 2.48. The number of piperidine rings is 1. The van der Waals surface area contributed by atoms with Crippen LogP contribution in [0.3, 0.4) is 0 Å². The summed E-state index contributed by atoms with van der Waals surface area (Å²) in [6.45, 7) is 5.25. The summed E-state index contributed by atoms with van der Waals surface area (Å²) >= 11 is 0. The number of likely N-dealkylation sites (tertiary alicyclic amines) is 3. The molecule has 220 valence electrons. The van der Waals surface area contributed by atoms with Crippen molar-refractivity contribution in [2.24, 2.45) is 11.3 Å². The summed E-state index contributed by atoms with van der Waals surface area (Å²) in [7, 11) is -3.24. The van der Waals surface area contributed by atoms with Crippen LogP contribution >= 0.6 is 0 Å². The summed E-state index contributed by atoms with van der Waals surface area (Å²) in [5.41, 5.74) is 2.39. The third kappa shape index (κ3) is 5.85. The topological polar surface area (TPSA) is 90.9 Å². The van der Waals surface area contributed by atoms with Crippen LogP contribution in [0.2, 0.25) is 0 Å². The van der Waals surface area contributed by atoms with Gasteiger partial charge in [-0.1, -0.05) is 48.5 Å². The predicted molar refractivity (Wildman–Crippen MR) is 161 cm³/mol. The van der Waals surface area contributed by atoms with Crippen molar-refractivity contribution in [3.63, 3.8) is 0 Å². The molecule has 0 saturated carbocycles. The van der Waals surface area contributed by atoms with Crippen LogP contribution in [0.15, 0.2) is 83.9 Å². The summed E-state index contributed by atoms with van der Waals surface area (Å²) in [4.78, 5) is 37.9. The lowest BCUT2D eigenvalue weighted by molar-refractivity contribution is -0.139. The number of hydrogen-bond acceptors (Lipinski definition) is 6. The zero-order chi connectivity index (χ0) is 29.3. The second-order valence-corrected chi connectivity index (χ2v) is 14.2. The van der Waals surface area contributed by atoms with Crippen molar-refractivity contribution in [1.82, 2.24) is 19.7 Å². The molecule has 0 radical (unpaired) electrons. The molecule has 9 heteroatoms. The van der Waals surface area contributed by atoms with Crippen molar-refractivity contribution >= 4 is 21.7 Å². The average molecular weight is 587 g/mol. The van der Waals surface area contributed by atoms with Crippen molar-refractivity contribution in [3.05, 3.63) is 95.8 Å². The minimum atomic E-state index is -3.24. The third-order valence-corrected chi connectivity index (χ3v) is 10.6. The van der Waals surface area contributed by atoms with Gasteiger partial charge in [0.1, 0.15) is 5.69 Å². The molecule has 2 aromatic carbocycles. The summed E-state index contributed by atoms with van der Waals surface area (Å²) in [6.07, 6.45) is 5.42. The molecule has 3 aliphatic rings. The molecule has 3 saturated heterocycles. The first-order chi connectivity index (χ1) is 20.2. The lowest BCUT2D eigenvalue weighted by Crippen LogP contribution is -2.46. The Kier molecular flexibility index (Phi) is 7.89. The fourth-order valence-electron chi connectivity index (χ4n) is 7.02. The largest absolute Gasteiger partial charge is 0.338 e. The first kappa shape index (κ1) is 28.6. The van der Waals surface area contributed by atoms with Gasteiger partial charge in [0, 0.05) is 51.1 Å². The zero-order valence-electron chi connectivity index (χ0n) is 24.1. The van der Waals surface area contributed by atoms with E-state index in [-0.39, 0.29) is 23.1 Å². The molecular formula is C33H38N4O4S. The standard InChI is InChI=1S/C33H38N4O4S/c1-42(40,41)28-12-10-25(11-13-28)21-36-20-16-33(32(36)39)14-18-35(19-15-33)22-27-23-37(31(38)30-9-5-6-17-34-30)24-29(27)26-7-3-2-4-8-26/h2-13,17,27,29H,14-16,18-24H2,1H3/t27-,29+/m0/s1. The lowest BCUT2D eigenvalue weighted by atomic mass is 9.76. The van der Waals surface area contributed by atoms with Gasteiger partial charge in [-0.3, -0.25) is 14.6 Å². The van der Waals surface area contributed by atoms with Crippen molar-refractivity contribution < 1.29 is 18.0 Å². The van der Waals surface area contributed by atoms with E-state index in [0.717, 1.165) is 51.0 Å². The number of rotatable bonds is 7. The molecule has 3 aliphatic heterocycles. The molecule has 2 amide bonds. The summed E-state index contributed by atoms with van der Waals surface area (Å²) in [5.74, 6) is 0.774. The molecule has 4 heterocycles. The Balaban J connectivity index is 1.08. The third-order valence-electron chi connectivity index (χ3n) is 9.47. The summed E-state index contributed by atoms with van der Waals surface area (Å²) in [5, 5.41) is 0. The van der Waals surface area contributed by atoms with Gasteiger partial charge in [-0.2, -0.15) is 0 Å². The second-order valence-electron chi connectivity index (χ2n) is 12.2. The van der Waals surface area contributed by atoms with Crippen molar-refractivity contribution in [2.45, 2.75) is 36.6 Å². The fourth-order valence-corrected chi connectivity index (χ4v) is 7.65. The molecule has 3 aromatic rings. The van der Waals surface area contributed by atoms with Gasteiger partial charge in [0.05, 0.1) is 10.3 Å². The van der Waals surface area contributed by atoms with Crippen molar-refractivity contribution in [2.75, 3.05) is 45.5 Å². The highest BCUT2D eigenvalue weighted by atomic mass is 32.2. The Morgan fingerprint density at radius 1 is 0.905 bits per heavy atom. The average Bonchev–Trinajstić information content (AvgIpc) is 3.56. The molecule has 0 N–H and O–H groups in total. The molecule has 42 heavy (non-hydrogen) atoms. The molecule has 1 spiro atoms. The van der Waals surface area contributed by atoms with Gasteiger partial charge in [-0.05, 0) is 73.7 Å². The number of nitrogens with zero attached hydrogens (tertiary/aromatic N) is 4. The molecule has 6 rings (SSSR count). The van der Waals surface area contributed by atoms with E-state index < -0.39 is 9.84 Å². The molecule has 0 unspecified atom stereocenters. The van der Waals surface area contributed by atoms with Gasteiger partial charge in [-0.15, -0.1) is 0 Å². The molecule has 0 bridgehead atoms. The first-order valence-electron chi connectivity index (χ1n) is 14.8.